The summed E-state index contributed by atoms with van der Waals surface area (Å²) in [6.07, 6.45) is 0. The van der Waals surface area contributed by atoms with Gasteiger partial charge in [0.05, 0.1) is 5.92 Å². The molecular weight excluding hydrogens is 262 g/mol. The highest BCUT2D eigenvalue weighted by atomic mass is 16.5. The Bertz CT molecular complexity index is 609. The van der Waals surface area contributed by atoms with E-state index in [1.165, 1.54) is 0 Å². The van der Waals surface area contributed by atoms with Gasteiger partial charge in [-0.1, -0.05) is 35.5 Å². The topological polar surface area (TPSA) is 105 Å². The van der Waals surface area contributed by atoms with Gasteiger partial charge in [0, 0.05) is 13.5 Å². The standard InChI is InChI=1S/C13H13N3O4/c1-8-15-11(16-20-8)12(17)14-7-10(13(18)19)9-5-3-2-4-6-9/h2-6,10H,7H2,1H3,(H,14,17)(H,18,19). The maximum absolute atomic E-state index is 11.7. The summed E-state index contributed by atoms with van der Waals surface area (Å²) in [4.78, 5) is 26.7. The lowest BCUT2D eigenvalue weighted by Gasteiger charge is -2.12. The zero-order chi connectivity index (χ0) is 14.5. The minimum absolute atomic E-state index is 0.0498. The number of aryl methyl sites for hydroxylation is 1. The average molecular weight is 275 g/mol. The van der Waals surface area contributed by atoms with Crippen molar-refractivity contribution in [3.05, 3.63) is 47.6 Å². The van der Waals surface area contributed by atoms with Crippen LogP contribution in [0.2, 0.25) is 0 Å². The largest absolute Gasteiger partial charge is 0.481 e. The van der Waals surface area contributed by atoms with Crippen LogP contribution in [0, 0.1) is 6.92 Å². The van der Waals surface area contributed by atoms with Crippen LogP contribution in [0.25, 0.3) is 0 Å². The molecule has 7 nitrogen and oxygen atoms in total. The highest BCUT2D eigenvalue weighted by Gasteiger charge is 2.22. The number of hydrogen-bond donors (Lipinski definition) is 2. The van der Waals surface area contributed by atoms with Crippen molar-refractivity contribution < 1.29 is 19.2 Å². The number of nitrogens with zero attached hydrogens (tertiary/aromatic N) is 2. The Labute approximate surface area is 114 Å². The van der Waals surface area contributed by atoms with Crippen molar-refractivity contribution in [2.24, 2.45) is 0 Å². The number of nitrogens with one attached hydrogen (secondary N) is 1. The van der Waals surface area contributed by atoms with Gasteiger partial charge in [-0.3, -0.25) is 9.59 Å². The summed E-state index contributed by atoms with van der Waals surface area (Å²) in [5.41, 5.74) is 0.615. The Morgan fingerprint density at radius 2 is 2.05 bits per heavy atom. The lowest BCUT2D eigenvalue weighted by Crippen LogP contribution is -2.32. The van der Waals surface area contributed by atoms with E-state index in [2.05, 4.69) is 20.0 Å². The first-order valence-corrected chi connectivity index (χ1v) is 5.94. The molecule has 0 radical (unpaired) electrons. The number of benzene rings is 1. The summed E-state index contributed by atoms with van der Waals surface area (Å²) >= 11 is 0. The van der Waals surface area contributed by atoms with Crippen molar-refractivity contribution >= 4 is 11.9 Å². The van der Waals surface area contributed by atoms with Gasteiger partial charge >= 0.3 is 5.97 Å². The van der Waals surface area contributed by atoms with Gasteiger partial charge in [-0.15, -0.1) is 0 Å². The van der Waals surface area contributed by atoms with Crippen LogP contribution in [0.3, 0.4) is 0 Å². The van der Waals surface area contributed by atoms with Gasteiger partial charge in [0.15, 0.2) is 0 Å². The SMILES string of the molecule is Cc1nc(C(=O)NCC(C(=O)O)c2ccccc2)no1. The van der Waals surface area contributed by atoms with Crippen molar-refractivity contribution in [2.45, 2.75) is 12.8 Å². The van der Waals surface area contributed by atoms with Crippen molar-refractivity contribution in [1.29, 1.82) is 0 Å². The number of aromatic nitrogens is 2. The molecule has 1 aromatic heterocycles. The van der Waals surface area contributed by atoms with Crippen LogP contribution in [0.15, 0.2) is 34.9 Å². The molecule has 0 fully saturated rings. The number of hydrogen-bond acceptors (Lipinski definition) is 5. The zero-order valence-corrected chi connectivity index (χ0v) is 10.7. The van der Waals surface area contributed by atoms with E-state index in [1.54, 1.807) is 37.3 Å². The number of amides is 1. The third-order valence-corrected chi connectivity index (χ3v) is 2.70. The van der Waals surface area contributed by atoms with Crippen molar-refractivity contribution in [3.63, 3.8) is 0 Å². The van der Waals surface area contributed by atoms with E-state index in [0.29, 0.717) is 5.56 Å². The number of carbonyl (C=O) groups is 2. The molecule has 20 heavy (non-hydrogen) atoms. The molecule has 2 N–H and O–H groups in total. The normalized spacial score (nSPS) is 11.8. The Kier molecular flexibility index (Phi) is 4.09. The molecule has 0 spiro atoms. The molecule has 0 aliphatic heterocycles. The molecule has 2 rings (SSSR count). The Morgan fingerprint density at radius 1 is 1.35 bits per heavy atom. The molecular formula is C13H13N3O4. The van der Waals surface area contributed by atoms with E-state index >= 15 is 0 Å². The first kappa shape index (κ1) is 13.7. The van der Waals surface area contributed by atoms with Gasteiger partial charge in [0.25, 0.3) is 11.7 Å². The molecule has 1 heterocycles. The summed E-state index contributed by atoms with van der Waals surface area (Å²) < 4.78 is 4.69. The number of rotatable bonds is 5. The fraction of sp³-hybridized carbons (Fsp3) is 0.231. The maximum atomic E-state index is 11.7. The smallest absolute Gasteiger partial charge is 0.312 e. The van der Waals surface area contributed by atoms with Crippen LogP contribution in [0.5, 0.6) is 0 Å². The Morgan fingerprint density at radius 3 is 2.60 bits per heavy atom. The molecule has 0 bridgehead atoms. The first-order valence-electron chi connectivity index (χ1n) is 5.94. The van der Waals surface area contributed by atoms with Gasteiger partial charge in [0.1, 0.15) is 0 Å². The van der Waals surface area contributed by atoms with Gasteiger partial charge in [-0.2, -0.15) is 4.98 Å². The van der Waals surface area contributed by atoms with E-state index in [-0.39, 0.29) is 18.3 Å². The fourth-order valence-electron chi connectivity index (χ4n) is 1.70. The predicted molar refractivity (Wildman–Crippen MR) is 68.2 cm³/mol. The molecule has 1 amide bonds. The van der Waals surface area contributed by atoms with Crippen LogP contribution in [-0.2, 0) is 4.79 Å². The third-order valence-electron chi connectivity index (χ3n) is 2.70. The molecule has 104 valence electrons. The highest BCUT2D eigenvalue weighted by molar-refractivity contribution is 5.90. The Hall–Kier alpha value is -2.70. The van der Waals surface area contributed by atoms with Gasteiger partial charge in [-0.05, 0) is 5.56 Å². The second-order valence-corrected chi connectivity index (χ2v) is 4.15. The average Bonchev–Trinajstić information content (AvgIpc) is 2.86. The van der Waals surface area contributed by atoms with E-state index in [4.69, 9.17) is 0 Å². The quantitative estimate of drug-likeness (QED) is 0.842. The lowest BCUT2D eigenvalue weighted by atomic mass is 9.99. The van der Waals surface area contributed by atoms with Crippen LogP contribution in [-0.4, -0.2) is 33.7 Å². The van der Waals surface area contributed by atoms with Gasteiger partial charge in [-0.25, -0.2) is 0 Å². The molecule has 2 aromatic rings. The highest BCUT2D eigenvalue weighted by Crippen LogP contribution is 2.14. The third kappa shape index (κ3) is 3.19. The van der Waals surface area contributed by atoms with Crippen molar-refractivity contribution in [2.75, 3.05) is 6.54 Å². The maximum Gasteiger partial charge on any atom is 0.312 e. The molecule has 1 aromatic carbocycles. The van der Waals surface area contributed by atoms with Crippen molar-refractivity contribution in [1.82, 2.24) is 15.5 Å². The molecule has 1 unspecified atom stereocenters. The van der Waals surface area contributed by atoms with Crippen molar-refractivity contribution in [3.8, 4) is 0 Å². The predicted octanol–water partition coefficient (Wildman–Crippen LogP) is 0.976. The molecule has 1 atom stereocenters. The summed E-state index contributed by atoms with van der Waals surface area (Å²) in [6, 6.07) is 8.68. The van der Waals surface area contributed by atoms with E-state index < -0.39 is 17.8 Å². The summed E-state index contributed by atoms with van der Waals surface area (Å²) in [7, 11) is 0. The number of aliphatic carboxylic acids is 1. The second-order valence-electron chi connectivity index (χ2n) is 4.15. The van der Waals surface area contributed by atoms with Crippen LogP contribution in [0.1, 0.15) is 28.0 Å². The summed E-state index contributed by atoms with van der Waals surface area (Å²) in [5.74, 6) is -2.24. The van der Waals surface area contributed by atoms with E-state index in [9.17, 15) is 14.7 Å². The second kappa shape index (κ2) is 5.96. The van der Waals surface area contributed by atoms with E-state index in [0.717, 1.165) is 0 Å². The molecule has 0 aliphatic carbocycles. The summed E-state index contributed by atoms with van der Waals surface area (Å²) in [5, 5.41) is 15.2. The fourth-order valence-corrected chi connectivity index (χ4v) is 1.70. The minimum Gasteiger partial charge on any atom is -0.481 e. The minimum atomic E-state index is -1.01. The monoisotopic (exact) mass is 275 g/mol. The molecule has 0 aliphatic rings. The van der Waals surface area contributed by atoms with Gasteiger partial charge in [0.2, 0.25) is 5.89 Å². The molecule has 0 saturated heterocycles. The molecule has 7 heteroatoms. The van der Waals surface area contributed by atoms with E-state index in [1.807, 2.05) is 0 Å². The Balaban J connectivity index is 2.03. The van der Waals surface area contributed by atoms with Crippen LogP contribution in [0.4, 0.5) is 0 Å². The molecule has 0 saturated carbocycles. The lowest BCUT2D eigenvalue weighted by molar-refractivity contribution is -0.138. The van der Waals surface area contributed by atoms with Crippen LogP contribution >= 0.6 is 0 Å². The van der Waals surface area contributed by atoms with Gasteiger partial charge < -0.3 is 14.9 Å². The first-order chi connectivity index (χ1) is 9.58. The number of carboxylic acid groups (broad SMARTS) is 1. The number of carboxylic acids is 1. The zero-order valence-electron chi connectivity index (χ0n) is 10.7. The summed E-state index contributed by atoms with van der Waals surface area (Å²) in [6.45, 7) is 1.51. The number of carbonyl (C=O) groups excluding carboxylic acids is 1. The van der Waals surface area contributed by atoms with Crippen LogP contribution < -0.4 is 5.32 Å².